The minimum Gasteiger partial charge on any atom is -0.490 e. The maximum absolute atomic E-state index is 12.4. The van der Waals surface area contributed by atoms with Crippen LogP contribution >= 0.6 is 0 Å². The predicted octanol–water partition coefficient (Wildman–Crippen LogP) is 3.33. The van der Waals surface area contributed by atoms with Crippen molar-refractivity contribution in [3.63, 3.8) is 0 Å². The lowest BCUT2D eigenvalue weighted by atomic mass is 10.2. The van der Waals surface area contributed by atoms with E-state index in [1.165, 1.54) is 0 Å². The number of morpholine rings is 1. The van der Waals surface area contributed by atoms with Gasteiger partial charge in [0.05, 0.1) is 31.2 Å². The van der Waals surface area contributed by atoms with Crippen LogP contribution in [0.15, 0.2) is 48.5 Å². The first-order chi connectivity index (χ1) is 13.3. The van der Waals surface area contributed by atoms with Crippen LogP contribution in [0.1, 0.15) is 13.3 Å². The summed E-state index contributed by atoms with van der Waals surface area (Å²) in [5.74, 6) is 1.02. The van der Waals surface area contributed by atoms with Gasteiger partial charge in [0.2, 0.25) is 0 Å². The maximum Gasteiger partial charge on any atom is 0.262 e. The Balaban J connectivity index is 1.60. The molecule has 0 unspecified atom stereocenters. The first-order valence-electron chi connectivity index (χ1n) is 9.34. The molecule has 0 spiro atoms. The average molecular weight is 370 g/mol. The molecule has 2 aromatic rings. The van der Waals surface area contributed by atoms with Crippen molar-refractivity contribution in [3.05, 3.63) is 48.5 Å². The highest BCUT2D eigenvalue weighted by Crippen LogP contribution is 2.28. The summed E-state index contributed by atoms with van der Waals surface area (Å²) in [5.41, 5.74) is 1.78. The summed E-state index contributed by atoms with van der Waals surface area (Å²) < 4.78 is 16.8. The van der Waals surface area contributed by atoms with Crippen LogP contribution in [0.2, 0.25) is 0 Å². The molecule has 6 heteroatoms. The Morgan fingerprint density at radius 1 is 1.04 bits per heavy atom. The number of hydrogen-bond donors (Lipinski definition) is 1. The first-order valence-corrected chi connectivity index (χ1v) is 9.34. The summed E-state index contributed by atoms with van der Waals surface area (Å²) >= 11 is 0. The van der Waals surface area contributed by atoms with Crippen LogP contribution in [-0.2, 0) is 9.53 Å². The third kappa shape index (κ3) is 5.37. The summed E-state index contributed by atoms with van der Waals surface area (Å²) in [4.78, 5) is 14.6. The van der Waals surface area contributed by atoms with Crippen molar-refractivity contribution in [2.24, 2.45) is 0 Å². The normalized spacial score (nSPS) is 13.9. The van der Waals surface area contributed by atoms with E-state index in [0.717, 1.165) is 30.9 Å². The third-order valence-corrected chi connectivity index (χ3v) is 4.20. The van der Waals surface area contributed by atoms with Gasteiger partial charge < -0.3 is 24.4 Å². The number of amides is 1. The Labute approximate surface area is 160 Å². The van der Waals surface area contributed by atoms with Crippen molar-refractivity contribution >= 4 is 17.3 Å². The lowest BCUT2D eigenvalue weighted by Gasteiger charge is -2.30. The fourth-order valence-electron chi connectivity index (χ4n) is 2.89. The van der Waals surface area contributed by atoms with E-state index in [2.05, 4.69) is 10.2 Å². The lowest BCUT2D eigenvalue weighted by molar-refractivity contribution is -0.118. The summed E-state index contributed by atoms with van der Waals surface area (Å²) in [6.45, 7) is 5.59. The Hall–Kier alpha value is -2.73. The Bertz CT molecular complexity index is 744. The molecular formula is C21H26N2O4. The molecule has 1 saturated heterocycles. The van der Waals surface area contributed by atoms with Gasteiger partial charge in [-0.3, -0.25) is 4.79 Å². The third-order valence-electron chi connectivity index (χ3n) is 4.20. The maximum atomic E-state index is 12.4. The van der Waals surface area contributed by atoms with Gasteiger partial charge in [-0.15, -0.1) is 0 Å². The van der Waals surface area contributed by atoms with E-state index in [1.54, 1.807) is 6.07 Å². The molecule has 1 aliphatic rings. The molecule has 0 radical (unpaired) electrons. The molecule has 1 N–H and O–H groups in total. The fourth-order valence-corrected chi connectivity index (χ4v) is 2.89. The van der Waals surface area contributed by atoms with E-state index in [0.29, 0.717) is 31.3 Å². The molecule has 1 heterocycles. The minimum absolute atomic E-state index is 0.0794. The van der Waals surface area contributed by atoms with E-state index >= 15 is 0 Å². The number of hydrogen-bond acceptors (Lipinski definition) is 5. The van der Waals surface area contributed by atoms with Crippen molar-refractivity contribution in [2.75, 3.05) is 49.7 Å². The summed E-state index contributed by atoms with van der Waals surface area (Å²) in [6, 6.07) is 15.2. The molecule has 3 rings (SSSR count). The molecule has 27 heavy (non-hydrogen) atoms. The van der Waals surface area contributed by atoms with E-state index < -0.39 is 0 Å². The molecule has 0 aliphatic carbocycles. The standard InChI is InChI=1S/C21H26N2O4/c1-2-13-26-19-9-5-6-10-20(19)27-16-21(24)22-17-7-3-4-8-18(17)23-11-14-25-15-12-23/h3-10H,2,11-16H2,1H3,(H,22,24). The van der Waals surface area contributed by atoms with E-state index in [4.69, 9.17) is 14.2 Å². The van der Waals surface area contributed by atoms with Crippen LogP contribution in [0.4, 0.5) is 11.4 Å². The van der Waals surface area contributed by atoms with Gasteiger partial charge in [-0.05, 0) is 30.7 Å². The molecule has 0 saturated carbocycles. The highest BCUT2D eigenvalue weighted by atomic mass is 16.5. The number of carbonyl (C=O) groups is 1. The van der Waals surface area contributed by atoms with Crippen LogP contribution in [0.5, 0.6) is 11.5 Å². The van der Waals surface area contributed by atoms with Crippen molar-refractivity contribution in [1.82, 2.24) is 0 Å². The summed E-state index contributed by atoms with van der Waals surface area (Å²) in [7, 11) is 0. The smallest absolute Gasteiger partial charge is 0.262 e. The zero-order valence-electron chi connectivity index (χ0n) is 15.6. The lowest BCUT2D eigenvalue weighted by Crippen LogP contribution is -2.37. The van der Waals surface area contributed by atoms with E-state index in [9.17, 15) is 4.79 Å². The highest BCUT2D eigenvalue weighted by Gasteiger charge is 2.16. The summed E-state index contributed by atoms with van der Waals surface area (Å²) in [5, 5.41) is 2.95. The number of carbonyl (C=O) groups excluding carboxylic acids is 1. The van der Waals surface area contributed by atoms with Gasteiger partial charge in [0.1, 0.15) is 0 Å². The van der Waals surface area contributed by atoms with Crippen LogP contribution in [0.3, 0.4) is 0 Å². The molecule has 0 aromatic heterocycles. The second kappa shape index (κ2) is 9.83. The van der Waals surface area contributed by atoms with Crippen LogP contribution < -0.4 is 19.7 Å². The number of nitrogens with zero attached hydrogens (tertiary/aromatic N) is 1. The molecule has 2 aromatic carbocycles. The zero-order chi connectivity index (χ0) is 18.9. The van der Waals surface area contributed by atoms with Crippen LogP contribution in [-0.4, -0.2) is 45.4 Å². The second-order valence-corrected chi connectivity index (χ2v) is 6.25. The molecule has 6 nitrogen and oxygen atoms in total. The topological polar surface area (TPSA) is 60.0 Å². The highest BCUT2D eigenvalue weighted by molar-refractivity contribution is 5.95. The number of para-hydroxylation sites is 4. The Kier molecular flexibility index (Phi) is 6.93. The van der Waals surface area contributed by atoms with Gasteiger partial charge >= 0.3 is 0 Å². The van der Waals surface area contributed by atoms with Gasteiger partial charge in [0.15, 0.2) is 18.1 Å². The molecule has 0 bridgehead atoms. The van der Waals surface area contributed by atoms with Crippen LogP contribution in [0, 0.1) is 0 Å². The Morgan fingerprint density at radius 3 is 2.44 bits per heavy atom. The zero-order valence-corrected chi connectivity index (χ0v) is 15.6. The van der Waals surface area contributed by atoms with Crippen molar-refractivity contribution in [3.8, 4) is 11.5 Å². The number of benzene rings is 2. The van der Waals surface area contributed by atoms with Crippen molar-refractivity contribution in [2.45, 2.75) is 13.3 Å². The van der Waals surface area contributed by atoms with E-state index in [-0.39, 0.29) is 12.5 Å². The summed E-state index contributed by atoms with van der Waals surface area (Å²) in [6.07, 6.45) is 0.910. The van der Waals surface area contributed by atoms with Crippen LogP contribution in [0.25, 0.3) is 0 Å². The number of rotatable bonds is 8. The predicted molar refractivity (Wildman–Crippen MR) is 106 cm³/mol. The quantitative estimate of drug-likeness (QED) is 0.772. The SMILES string of the molecule is CCCOc1ccccc1OCC(=O)Nc1ccccc1N1CCOCC1. The van der Waals surface area contributed by atoms with E-state index in [1.807, 2.05) is 49.4 Å². The van der Waals surface area contributed by atoms with Crippen molar-refractivity contribution in [1.29, 1.82) is 0 Å². The minimum atomic E-state index is -0.207. The largest absolute Gasteiger partial charge is 0.490 e. The van der Waals surface area contributed by atoms with Gasteiger partial charge in [-0.1, -0.05) is 31.2 Å². The monoisotopic (exact) mass is 370 g/mol. The number of nitrogens with one attached hydrogen (secondary N) is 1. The average Bonchev–Trinajstić information content (AvgIpc) is 2.72. The molecule has 1 amide bonds. The molecule has 1 aliphatic heterocycles. The molecule has 1 fully saturated rings. The molecule has 144 valence electrons. The van der Waals surface area contributed by atoms with Gasteiger partial charge in [0.25, 0.3) is 5.91 Å². The number of ether oxygens (including phenoxy) is 3. The van der Waals surface area contributed by atoms with Gasteiger partial charge in [-0.2, -0.15) is 0 Å². The Morgan fingerprint density at radius 2 is 1.70 bits per heavy atom. The van der Waals surface area contributed by atoms with Gasteiger partial charge in [-0.25, -0.2) is 0 Å². The first kappa shape index (κ1) is 19.0. The fraction of sp³-hybridized carbons (Fsp3) is 0.381. The van der Waals surface area contributed by atoms with Crippen molar-refractivity contribution < 1.29 is 19.0 Å². The molecular weight excluding hydrogens is 344 g/mol. The molecule has 0 atom stereocenters. The second-order valence-electron chi connectivity index (χ2n) is 6.25. The van der Waals surface area contributed by atoms with Gasteiger partial charge in [0, 0.05) is 13.1 Å². The number of anilines is 2.